The molecule has 7 rings (SSSR count). The number of allylic oxidation sites excluding steroid dienone is 5. The first kappa shape index (κ1) is 31.0. The number of fused-ring (bicyclic) bond motifs is 3. The molecular weight excluding hydrogens is 579 g/mol. The zero-order valence-electron chi connectivity index (χ0n) is 28.5. The Morgan fingerprint density at radius 1 is 0.500 bits per heavy atom. The Hall–Kier alpha value is -5.66. The summed E-state index contributed by atoms with van der Waals surface area (Å²) in [5.74, 6) is 0. The van der Waals surface area contributed by atoms with Crippen LogP contribution < -0.4 is 0 Å². The highest BCUT2D eigenvalue weighted by Crippen LogP contribution is 2.37. The summed E-state index contributed by atoms with van der Waals surface area (Å²) in [6.45, 7) is 15.4. The van der Waals surface area contributed by atoms with Crippen molar-refractivity contribution in [3.63, 3.8) is 0 Å². The fraction of sp³-hybridized carbons (Fsp3) is 0.106. The van der Waals surface area contributed by atoms with Crippen molar-refractivity contribution >= 4 is 38.5 Å². The molecular formula is C47H41N. The molecule has 0 N–H and O–H groups in total. The minimum Gasteiger partial charge on any atom is -0.309 e. The minimum absolute atomic E-state index is 0.999. The molecule has 0 fully saturated rings. The van der Waals surface area contributed by atoms with Crippen molar-refractivity contribution in [2.75, 3.05) is 0 Å². The molecule has 0 bridgehead atoms. The number of aryl methyl sites for hydroxylation is 4. The van der Waals surface area contributed by atoms with Gasteiger partial charge in [-0.1, -0.05) is 132 Å². The molecule has 0 aliphatic rings. The van der Waals surface area contributed by atoms with E-state index in [2.05, 4.69) is 191 Å². The van der Waals surface area contributed by atoms with E-state index < -0.39 is 0 Å². The highest BCUT2D eigenvalue weighted by Gasteiger charge is 2.15. The molecule has 7 aromatic rings. The number of para-hydroxylation sites is 1. The lowest BCUT2D eigenvalue weighted by molar-refractivity contribution is 1.18. The van der Waals surface area contributed by atoms with Crippen molar-refractivity contribution in [2.45, 2.75) is 34.6 Å². The van der Waals surface area contributed by atoms with Gasteiger partial charge in [0.25, 0.3) is 0 Å². The highest BCUT2D eigenvalue weighted by atomic mass is 15.0. The zero-order valence-corrected chi connectivity index (χ0v) is 28.5. The smallest absolute Gasteiger partial charge is 0.0541 e. The van der Waals surface area contributed by atoms with Gasteiger partial charge in [-0.25, -0.2) is 0 Å². The fourth-order valence-corrected chi connectivity index (χ4v) is 7.03. The first-order chi connectivity index (χ1) is 23.2. The third-order valence-electron chi connectivity index (χ3n) is 9.19. The lowest BCUT2D eigenvalue weighted by Crippen LogP contribution is -1.93. The minimum atomic E-state index is 0.999. The van der Waals surface area contributed by atoms with E-state index in [1.54, 1.807) is 0 Å². The van der Waals surface area contributed by atoms with Crippen molar-refractivity contribution in [2.24, 2.45) is 0 Å². The van der Waals surface area contributed by atoms with E-state index in [-0.39, 0.29) is 0 Å². The highest BCUT2D eigenvalue weighted by molar-refractivity contribution is 6.11. The van der Waals surface area contributed by atoms with Crippen LogP contribution in [0, 0.1) is 27.7 Å². The summed E-state index contributed by atoms with van der Waals surface area (Å²) in [6.07, 6.45) is 4.59. The number of hydrogen-bond donors (Lipinski definition) is 0. The summed E-state index contributed by atoms with van der Waals surface area (Å²) in [7, 11) is 0. The van der Waals surface area contributed by atoms with Crippen LogP contribution in [0.5, 0.6) is 0 Å². The van der Waals surface area contributed by atoms with Crippen LogP contribution in [0.25, 0.3) is 55.3 Å². The van der Waals surface area contributed by atoms with Gasteiger partial charge in [0, 0.05) is 16.5 Å². The van der Waals surface area contributed by atoms with Crippen LogP contribution in [0.3, 0.4) is 0 Å². The molecule has 1 aromatic heterocycles. The Balaban J connectivity index is 1.46. The second-order valence-electron chi connectivity index (χ2n) is 13.2. The van der Waals surface area contributed by atoms with Crippen LogP contribution in [-0.4, -0.2) is 4.57 Å². The standard InChI is InChI=1S/C47H41N/c1-31-21-32(2)24-40(23-31)35(5)27-42(28-36(6)41-25-33(3)22-34(4)26-41)39-18-20-47-45(30-39)44-29-38(37-13-9-7-10-14-37)17-19-46(44)48(47)43-15-11-8-12-16-43/h7-30H,5H2,1-4,6H3/b36-28+,42-27+. The van der Waals surface area contributed by atoms with Gasteiger partial charge in [-0.3, -0.25) is 0 Å². The maximum absolute atomic E-state index is 4.57. The van der Waals surface area contributed by atoms with Crippen LogP contribution in [0.1, 0.15) is 45.9 Å². The van der Waals surface area contributed by atoms with Crippen LogP contribution >= 0.6 is 0 Å². The SMILES string of the molecule is C=C(/C=C(\C=C(/C)c1cc(C)cc(C)c1)c1ccc2c(c1)c1cc(-c3ccccc3)ccc1n2-c1ccccc1)c1cc(C)cc(C)c1. The largest absolute Gasteiger partial charge is 0.309 e. The lowest BCUT2D eigenvalue weighted by atomic mass is 9.93. The van der Waals surface area contributed by atoms with E-state index in [1.807, 2.05) is 0 Å². The molecule has 0 atom stereocenters. The van der Waals surface area contributed by atoms with E-state index in [1.165, 1.54) is 66.3 Å². The van der Waals surface area contributed by atoms with Gasteiger partial charge in [-0.15, -0.1) is 0 Å². The van der Waals surface area contributed by atoms with Crippen molar-refractivity contribution in [3.8, 4) is 16.8 Å². The molecule has 1 heterocycles. The molecule has 48 heavy (non-hydrogen) atoms. The fourth-order valence-electron chi connectivity index (χ4n) is 7.03. The molecule has 6 aromatic carbocycles. The Labute approximate surface area is 284 Å². The first-order valence-corrected chi connectivity index (χ1v) is 16.7. The van der Waals surface area contributed by atoms with Gasteiger partial charge in [-0.2, -0.15) is 0 Å². The Kier molecular flexibility index (Phi) is 8.29. The Morgan fingerprint density at radius 2 is 1.04 bits per heavy atom. The molecule has 1 nitrogen and oxygen atoms in total. The molecule has 0 aliphatic carbocycles. The van der Waals surface area contributed by atoms with E-state index in [9.17, 15) is 0 Å². The van der Waals surface area contributed by atoms with Gasteiger partial charge in [0.1, 0.15) is 0 Å². The summed E-state index contributed by atoms with van der Waals surface area (Å²) in [5.41, 5.74) is 17.9. The summed E-state index contributed by atoms with van der Waals surface area (Å²) >= 11 is 0. The maximum atomic E-state index is 4.57. The molecule has 234 valence electrons. The molecule has 0 saturated heterocycles. The van der Waals surface area contributed by atoms with E-state index in [0.29, 0.717) is 0 Å². The van der Waals surface area contributed by atoms with Gasteiger partial charge in [0.05, 0.1) is 11.0 Å². The third kappa shape index (κ3) is 6.20. The number of nitrogens with zero attached hydrogens (tertiary/aromatic N) is 1. The predicted octanol–water partition coefficient (Wildman–Crippen LogP) is 12.9. The monoisotopic (exact) mass is 619 g/mol. The zero-order chi connectivity index (χ0) is 33.4. The van der Waals surface area contributed by atoms with Crippen molar-refractivity contribution in [1.29, 1.82) is 0 Å². The summed E-state index contributed by atoms with van der Waals surface area (Å²) < 4.78 is 2.39. The molecule has 0 unspecified atom stereocenters. The topological polar surface area (TPSA) is 4.93 Å². The molecule has 0 saturated carbocycles. The van der Waals surface area contributed by atoms with Gasteiger partial charge >= 0.3 is 0 Å². The van der Waals surface area contributed by atoms with Crippen molar-refractivity contribution < 1.29 is 0 Å². The van der Waals surface area contributed by atoms with E-state index in [0.717, 1.165) is 28.0 Å². The second kappa shape index (κ2) is 12.9. The van der Waals surface area contributed by atoms with Crippen molar-refractivity contribution in [3.05, 3.63) is 191 Å². The summed E-state index contributed by atoms with van der Waals surface area (Å²) in [4.78, 5) is 0. The van der Waals surface area contributed by atoms with E-state index in [4.69, 9.17) is 0 Å². The van der Waals surface area contributed by atoms with Gasteiger partial charge in [0.15, 0.2) is 0 Å². The molecule has 0 aliphatic heterocycles. The number of benzene rings is 6. The number of hydrogen-bond acceptors (Lipinski definition) is 0. The average Bonchev–Trinajstić information content (AvgIpc) is 3.41. The Bertz CT molecular complexity index is 2340. The van der Waals surface area contributed by atoms with Gasteiger partial charge in [-0.05, 0) is 122 Å². The van der Waals surface area contributed by atoms with Crippen LogP contribution in [-0.2, 0) is 0 Å². The van der Waals surface area contributed by atoms with Crippen LogP contribution in [0.2, 0.25) is 0 Å². The molecule has 0 spiro atoms. The molecule has 1 heteroatoms. The molecule has 0 amide bonds. The summed E-state index contributed by atoms with van der Waals surface area (Å²) in [6, 6.07) is 48.6. The van der Waals surface area contributed by atoms with Crippen molar-refractivity contribution in [1.82, 2.24) is 4.57 Å². The average molecular weight is 620 g/mol. The van der Waals surface area contributed by atoms with Gasteiger partial charge < -0.3 is 4.57 Å². The summed E-state index contributed by atoms with van der Waals surface area (Å²) in [5, 5.41) is 2.46. The first-order valence-electron chi connectivity index (χ1n) is 16.7. The van der Waals surface area contributed by atoms with Crippen LogP contribution in [0.4, 0.5) is 0 Å². The molecule has 0 radical (unpaired) electrons. The second-order valence-corrected chi connectivity index (χ2v) is 13.2. The van der Waals surface area contributed by atoms with Gasteiger partial charge in [0.2, 0.25) is 0 Å². The number of rotatable bonds is 7. The quantitative estimate of drug-likeness (QED) is 0.156. The lowest BCUT2D eigenvalue weighted by Gasteiger charge is -2.12. The van der Waals surface area contributed by atoms with Crippen LogP contribution in [0.15, 0.2) is 152 Å². The predicted molar refractivity (Wildman–Crippen MR) is 209 cm³/mol. The normalized spacial score (nSPS) is 12.2. The number of aromatic nitrogens is 1. The Morgan fingerprint density at radius 3 is 1.67 bits per heavy atom. The third-order valence-corrected chi connectivity index (χ3v) is 9.19. The van der Waals surface area contributed by atoms with E-state index >= 15 is 0 Å². The maximum Gasteiger partial charge on any atom is 0.0541 e.